The van der Waals surface area contributed by atoms with Crippen LogP contribution in [0.4, 0.5) is 21.7 Å². The van der Waals surface area contributed by atoms with Gasteiger partial charge in [-0.3, -0.25) is 0 Å². The van der Waals surface area contributed by atoms with Gasteiger partial charge in [0.15, 0.2) is 0 Å². The zero-order valence-corrected chi connectivity index (χ0v) is 13.5. The fraction of sp³-hybridized carbons (Fsp3) is 0.158. The van der Waals surface area contributed by atoms with Crippen LogP contribution in [0.1, 0.15) is 12.5 Å². The maximum Gasteiger partial charge on any atom is 0.138 e. The predicted molar refractivity (Wildman–Crippen MR) is 94.9 cm³/mol. The average Bonchev–Trinajstić information content (AvgIpc) is 2.63. The van der Waals surface area contributed by atoms with E-state index in [2.05, 4.69) is 39.2 Å². The third kappa shape index (κ3) is 3.87. The van der Waals surface area contributed by atoms with E-state index in [1.54, 1.807) is 18.5 Å². The highest BCUT2D eigenvalue weighted by molar-refractivity contribution is 5.62. The average molecular weight is 322 g/mol. The van der Waals surface area contributed by atoms with Crippen LogP contribution in [-0.2, 0) is 6.54 Å². The lowest BCUT2D eigenvalue weighted by Gasteiger charge is -2.22. The van der Waals surface area contributed by atoms with E-state index in [0.717, 1.165) is 29.4 Å². The Morgan fingerprint density at radius 1 is 1.00 bits per heavy atom. The number of rotatable bonds is 6. The zero-order chi connectivity index (χ0) is 16.8. The van der Waals surface area contributed by atoms with Gasteiger partial charge < -0.3 is 10.2 Å². The molecule has 122 valence electrons. The minimum absolute atomic E-state index is 0.232. The number of aromatic nitrogens is 2. The zero-order valence-electron chi connectivity index (χ0n) is 13.5. The molecule has 0 fully saturated rings. The van der Waals surface area contributed by atoms with Crippen LogP contribution < -0.4 is 10.2 Å². The van der Waals surface area contributed by atoms with E-state index < -0.39 is 0 Å². The molecular weight excluding hydrogens is 303 g/mol. The highest BCUT2D eigenvalue weighted by Crippen LogP contribution is 2.24. The van der Waals surface area contributed by atoms with E-state index in [4.69, 9.17) is 0 Å². The molecule has 0 aliphatic carbocycles. The van der Waals surface area contributed by atoms with Gasteiger partial charge in [0.2, 0.25) is 0 Å². The minimum Gasteiger partial charge on any atom is -0.366 e. The number of benzene rings is 2. The molecule has 0 aliphatic rings. The van der Waals surface area contributed by atoms with Crippen molar-refractivity contribution in [3.63, 3.8) is 0 Å². The van der Waals surface area contributed by atoms with E-state index in [1.165, 1.54) is 12.1 Å². The van der Waals surface area contributed by atoms with Gasteiger partial charge in [0.1, 0.15) is 23.8 Å². The van der Waals surface area contributed by atoms with E-state index in [-0.39, 0.29) is 5.82 Å². The van der Waals surface area contributed by atoms with Crippen LogP contribution in [-0.4, -0.2) is 16.5 Å². The molecule has 0 amide bonds. The largest absolute Gasteiger partial charge is 0.366 e. The van der Waals surface area contributed by atoms with Gasteiger partial charge in [-0.15, -0.1) is 0 Å². The van der Waals surface area contributed by atoms with Crippen molar-refractivity contribution in [2.75, 3.05) is 16.8 Å². The molecule has 0 radical (unpaired) electrons. The van der Waals surface area contributed by atoms with Crippen LogP contribution >= 0.6 is 0 Å². The van der Waals surface area contributed by atoms with Crippen LogP contribution in [0.2, 0.25) is 0 Å². The van der Waals surface area contributed by atoms with Gasteiger partial charge >= 0.3 is 0 Å². The number of nitrogens with zero attached hydrogens (tertiary/aromatic N) is 3. The third-order valence-electron chi connectivity index (χ3n) is 3.70. The summed E-state index contributed by atoms with van der Waals surface area (Å²) in [6.07, 6.45) is 1.55. The van der Waals surface area contributed by atoms with Crippen molar-refractivity contribution in [2.24, 2.45) is 0 Å². The topological polar surface area (TPSA) is 41.0 Å². The highest BCUT2D eigenvalue weighted by atomic mass is 19.1. The molecule has 3 aromatic rings. The number of para-hydroxylation sites is 1. The second-order valence-corrected chi connectivity index (χ2v) is 5.32. The molecule has 1 heterocycles. The maximum atomic E-state index is 12.9. The van der Waals surface area contributed by atoms with E-state index in [1.807, 2.05) is 24.3 Å². The van der Waals surface area contributed by atoms with Crippen molar-refractivity contribution in [2.45, 2.75) is 13.5 Å². The lowest BCUT2D eigenvalue weighted by Crippen LogP contribution is -2.17. The first-order valence-corrected chi connectivity index (χ1v) is 7.89. The van der Waals surface area contributed by atoms with Crippen molar-refractivity contribution in [3.05, 3.63) is 78.4 Å². The SMILES string of the molecule is CCN(c1ccccc1)c1cc(NCc2ccc(F)cc2)ncn1. The summed E-state index contributed by atoms with van der Waals surface area (Å²) in [4.78, 5) is 10.8. The summed E-state index contributed by atoms with van der Waals surface area (Å²) in [5.41, 5.74) is 2.08. The number of halogens is 1. The summed E-state index contributed by atoms with van der Waals surface area (Å²) in [5, 5.41) is 3.25. The molecule has 0 spiro atoms. The number of anilines is 3. The molecule has 1 N–H and O–H groups in total. The smallest absolute Gasteiger partial charge is 0.138 e. The Kier molecular flexibility index (Phi) is 5.01. The van der Waals surface area contributed by atoms with Crippen LogP contribution in [0.3, 0.4) is 0 Å². The summed E-state index contributed by atoms with van der Waals surface area (Å²) in [5.74, 6) is 1.34. The molecular formula is C19H19FN4. The van der Waals surface area contributed by atoms with Crippen LogP contribution in [0.5, 0.6) is 0 Å². The van der Waals surface area contributed by atoms with Gasteiger partial charge in [-0.25, -0.2) is 14.4 Å². The number of hydrogen-bond donors (Lipinski definition) is 1. The fourth-order valence-corrected chi connectivity index (χ4v) is 2.47. The molecule has 24 heavy (non-hydrogen) atoms. The van der Waals surface area contributed by atoms with Crippen molar-refractivity contribution in [1.29, 1.82) is 0 Å². The van der Waals surface area contributed by atoms with Gasteiger partial charge in [-0.1, -0.05) is 30.3 Å². The fourth-order valence-electron chi connectivity index (χ4n) is 2.47. The molecule has 0 saturated heterocycles. The van der Waals surface area contributed by atoms with E-state index in [0.29, 0.717) is 6.54 Å². The summed E-state index contributed by atoms with van der Waals surface area (Å²) in [7, 11) is 0. The molecule has 2 aromatic carbocycles. The predicted octanol–water partition coefficient (Wildman–Crippen LogP) is 4.39. The van der Waals surface area contributed by atoms with Gasteiger partial charge in [0.05, 0.1) is 0 Å². The molecule has 4 nitrogen and oxygen atoms in total. The quantitative estimate of drug-likeness (QED) is 0.731. The normalized spacial score (nSPS) is 10.4. The lowest BCUT2D eigenvalue weighted by atomic mass is 10.2. The van der Waals surface area contributed by atoms with Crippen LogP contribution in [0.25, 0.3) is 0 Å². The standard InChI is InChI=1S/C19H19FN4/c1-2-24(17-6-4-3-5-7-17)19-12-18(22-14-23-19)21-13-15-8-10-16(20)11-9-15/h3-12,14H,2,13H2,1H3,(H,21,22,23). The lowest BCUT2D eigenvalue weighted by molar-refractivity contribution is 0.627. The van der Waals surface area contributed by atoms with Crippen molar-refractivity contribution in [1.82, 2.24) is 9.97 Å². The second kappa shape index (κ2) is 7.55. The second-order valence-electron chi connectivity index (χ2n) is 5.32. The Balaban J connectivity index is 1.74. The summed E-state index contributed by atoms with van der Waals surface area (Å²) < 4.78 is 12.9. The highest BCUT2D eigenvalue weighted by Gasteiger charge is 2.09. The Hall–Kier alpha value is -2.95. The molecule has 5 heteroatoms. The van der Waals surface area contributed by atoms with Crippen molar-refractivity contribution < 1.29 is 4.39 Å². The first kappa shape index (κ1) is 15.9. The van der Waals surface area contributed by atoms with E-state index in [9.17, 15) is 4.39 Å². The first-order chi connectivity index (χ1) is 11.8. The Morgan fingerprint density at radius 2 is 1.75 bits per heavy atom. The monoisotopic (exact) mass is 322 g/mol. The first-order valence-electron chi connectivity index (χ1n) is 7.89. The Morgan fingerprint density at radius 3 is 2.46 bits per heavy atom. The maximum absolute atomic E-state index is 12.9. The van der Waals surface area contributed by atoms with Crippen LogP contribution in [0.15, 0.2) is 67.0 Å². The Bertz CT molecular complexity index is 775. The Labute approximate surface area is 141 Å². The minimum atomic E-state index is -0.232. The molecule has 0 bridgehead atoms. The molecule has 0 atom stereocenters. The van der Waals surface area contributed by atoms with E-state index >= 15 is 0 Å². The summed E-state index contributed by atoms with van der Waals surface area (Å²) in [6.45, 7) is 3.47. The van der Waals surface area contributed by atoms with Gasteiger partial charge in [-0.05, 0) is 36.8 Å². The molecule has 0 unspecified atom stereocenters. The summed E-state index contributed by atoms with van der Waals surface area (Å²) in [6, 6.07) is 18.5. The van der Waals surface area contributed by atoms with Crippen molar-refractivity contribution in [3.8, 4) is 0 Å². The molecule has 3 rings (SSSR count). The van der Waals surface area contributed by atoms with Gasteiger partial charge in [0, 0.05) is 24.8 Å². The molecule has 0 aliphatic heterocycles. The molecule has 1 aromatic heterocycles. The van der Waals surface area contributed by atoms with Gasteiger partial charge in [0.25, 0.3) is 0 Å². The summed E-state index contributed by atoms with van der Waals surface area (Å²) >= 11 is 0. The number of hydrogen-bond acceptors (Lipinski definition) is 4. The third-order valence-corrected chi connectivity index (χ3v) is 3.70. The van der Waals surface area contributed by atoms with Crippen LogP contribution in [0, 0.1) is 5.82 Å². The van der Waals surface area contributed by atoms with Gasteiger partial charge in [-0.2, -0.15) is 0 Å². The number of nitrogens with one attached hydrogen (secondary N) is 1. The van der Waals surface area contributed by atoms with Crippen molar-refractivity contribution >= 4 is 17.3 Å². The molecule has 0 saturated carbocycles.